The molecule has 0 saturated carbocycles. The van der Waals surface area contributed by atoms with Crippen LogP contribution >= 0.6 is 0 Å². The van der Waals surface area contributed by atoms with Crippen LogP contribution in [0.25, 0.3) is 6.08 Å². The Hall–Kier alpha value is -5.64. The Labute approximate surface area is 286 Å². The molecule has 49 heavy (non-hydrogen) atoms. The van der Waals surface area contributed by atoms with E-state index in [-0.39, 0.29) is 0 Å². The molecule has 3 aromatic carbocycles. The zero-order valence-electron chi connectivity index (χ0n) is 27.7. The molecular weight excluding hydrogens is 628 g/mol. The van der Waals surface area contributed by atoms with Gasteiger partial charge in [-0.2, -0.15) is 0 Å². The lowest BCUT2D eigenvalue weighted by Crippen LogP contribution is -2.09. The Balaban J connectivity index is 1.36. The van der Waals surface area contributed by atoms with Gasteiger partial charge in [0.2, 0.25) is 0 Å². The van der Waals surface area contributed by atoms with Crippen molar-refractivity contribution in [2.45, 2.75) is 45.4 Å². The fraction of sp³-hybridized carbons (Fsp3) is 0.282. The van der Waals surface area contributed by atoms with Crippen molar-refractivity contribution in [3.05, 3.63) is 115 Å². The molecule has 0 radical (unpaired) electrons. The molecule has 0 saturated heterocycles. The predicted octanol–water partition coefficient (Wildman–Crippen LogP) is 7.39. The average Bonchev–Trinajstić information content (AvgIpc) is 3.11. The van der Waals surface area contributed by atoms with Gasteiger partial charge >= 0.3 is 23.9 Å². The number of carbonyl (C=O) groups excluding carboxylic acids is 4. The van der Waals surface area contributed by atoms with Crippen molar-refractivity contribution >= 4 is 30.0 Å². The topological polar surface area (TPSA) is 124 Å². The molecule has 0 heterocycles. The molecule has 10 heteroatoms. The van der Waals surface area contributed by atoms with E-state index in [2.05, 4.69) is 13.2 Å². The third-order valence-corrected chi connectivity index (χ3v) is 6.89. The van der Waals surface area contributed by atoms with Gasteiger partial charge in [0.15, 0.2) is 0 Å². The molecule has 0 N–H and O–H groups in total. The van der Waals surface area contributed by atoms with Gasteiger partial charge in [-0.05, 0) is 117 Å². The summed E-state index contributed by atoms with van der Waals surface area (Å²) in [5, 5.41) is 0. The van der Waals surface area contributed by atoms with Gasteiger partial charge in [-0.15, -0.1) is 0 Å². The molecule has 0 aromatic heterocycles. The van der Waals surface area contributed by atoms with Gasteiger partial charge in [0, 0.05) is 18.2 Å². The van der Waals surface area contributed by atoms with Gasteiger partial charge in [0.1, 0.15) is 23.0 Å². The summed E-state index contributed by atoms with van der Waals surface area (Å²) < 4.78 is 32.3. The van der Waals surface area contributed by atoms with E-state index in [1.165, 1.54) is 6.08 Å². The second-order valence-corrected chi connectivity index (χ2v) is 10.7. The lowest BCUT2D eigenvalue weighted by Gasteiger charge is -2.10. The Bertz CT molecular complexity index is 1570. The van der Waals surface area contributed by atoms with Crippen LogP contribution < -0.4 is 18.9 Å². The Morgan fingerprint density at radius 1 is 0.592 bits per heavy atom. The minimum absolute atomic E-state index is 0.313. The number of rotatable bonds is 21. The highest BCUT2D eigenvalue weighted by atomic mass is 16.5. The Morgan fingerprint density at radius 3 is 1.63 bits per heavy atom. The normalized spacial score (nSPS) is 10.6. The maximum absolute atomic E-state index is 12.7. The molecule has 3 aromatic rings. The molecule has 0 spiro atoms. The van der Waals surface area contributed by atoms with Crippen LogP contribution in [0.5, 0.6) is 23.0 Å². The Morgan fingerprint density at radius 2 is 1.10 bits per heavy atom. The second kappa shape index (κ2) is 21.3. The zero-order chi connectivity index (χ0) is 35.3. The van der Waals surface area contributed by atoms with Crippen molar-refractivity contribution in [2.24, 2.45) is 0 Å². The van der Waals surface area contributed by atoms with Gasteiger partial charge in [0.25, 0.3) is 0 Å². The Kier molecular flexibility index (Phi) is 16.4. The fourth-order valence-electron chi connectivity index (χ4n) is 4.24. The van der Waals surface area contributed by atoms with Crippen molar-refractivity contribution < 1.29 is 47.6 Å². The monoisotopic (exact) mass is 670 g/mol. The van der Waals surface area contributed by atoms with Crippen LogP contribution in [0.1, 0.15) is 60.0 Å². The van der Waals surface area contributed by atoms with Crippen LogP contribution in [-0.4, -0.2) is 50.3 Å². The summed E-state index contributed by atoms with van der Waals surface area (Å²) in [4.78, 5) is 47.2. The summed E-state index contributed by atoms with van der Waals surface area (Å²) in [6.45, 7) is 10.2. The van der Waals surface area contributed by atoms with E-state index < -0.39 is 23.9 Å². The van der Waals surface area contributed by atoms with Crippen LogP contribution in [0.2, 0.25) is 0 Å². The lowest BCUT2D eigenvalue weighted by atomic mass is 10.2. The molecular formula is C39H42O10. The van der Waals surface area contributed by atoms with Gasteiger partial charge in [-0.3, -0.25) is 0 Å². The lowest BCUT2D eigenvalue weighted by molar-refractivity contribution is -0.138. The summed E-state index contributed by atoms with van der Waals surface area (Å²) in [6.07, 6.45) is 10.1. The van der Waals surface area contributed by atoms with E-state index in [1.54, 1.807) is 55.5 Å². The first-order valence-corrected chi connectivity index (χ1v) is 16.0. The van der Waals surface area contributed by atoms with E-state index in [0.29, 0.717) is 60.6 Å². The number of esters is 4. The van der Waals surface area contributed by atoms with Crippen molar-refractivity contribution in [3.8, 4) is 23.0 Å². The predicted molar refractivity (Wildman–Crippen MR) is 185 cm³/mol. The van der Waals surface area contributed by atoms with Crippen molar-refractivity contribution in [3.63, 3.8) is 0 Å². The van der Waals surface area contributed by atoms with Crippen LogP contribution in [0.15, 0.2) is 98.1 Å². The van der Waals surface area contributed by atoms with E-state index in [0.717, 1.165) is 56.2 Å². The van der Waals surface area contributed by atoms with Gasteiger partial charge in [-0.1, -0.05) is 25.3 Å². The maximum Gasteiger partial charge on any atom is 0.343 e. The molecule has 0 aliphatic carbocycles. The third kappa shape index (κ3) is 14.8. The largest absolute Gasteiger partial charge is 0.494 e. The second-order valence-electron chi connectivity index (χ2n) is 10.7. The average molecular weight is 671 g/mol. The highest BCUT2D eigenvalue weighted by Crippen LogP contribution is 2.25. The maximum atomic E-state index is 12.7. The first kappa shape index (κ1) is 37.8. The summed E-state index contributed by atoms with van der Waals surface area (Å²) in [5.74, 6) is 0.0713. The first-order chi connectivity index (χ1) is 23.8. The summed E-state index contributed by atoms with van der Waals surface area (Å²) in [7, 11) is 0. The molecule has 0 aliphatic rings. The number of carbonyl (C=O) groups is 4. The van der Waals surface area contributed by atoms with E-state index >= 15 is 0 Å². The fourth-order valence-corrected chi connectivity index (χ4v) is 4.24. The number of ether oxygens (including phenoxy) is 6. The molecule has 0 amide bonds. The summed E-state index contributed by atoms with van der Waals surface area (Å²) >= 11 is 0. The summed E-state index contributed by atoms with van der Waals surface area (Å²) in [5.41, 5.74) is 1.77. The van der Waals surface area contributed by atoms with Crippen LogP contribution in [0, 0.1) is 6.92 Å². The van der Waals surface area contributed by atoms with E-state index in [9.17, 15) is 19.2 Å². The molecule has 258 valence electrons. The third-order valence-electron chi connectivity index (χ3n) is 6.89. The van der Waals surface area contributed by atoms with E-state index in [4.69, 9.17) is 28.4 Å². The zero-order valence-corrected chi connectivity index (χ0v) is 27.7. The molecule has 0 bridgehead atoms. The van der Waals surface area contributed by atoms with Crippen molar-refractivity contribution in [2.75, 3.05) is 26.4 Å². The minimum Gasteiger partial charge on any atom is -0.494 e. The first-order valence-electron chi connectivity index (χ1n) is 16.0. The van der Waals surface area contributed by atoms with E-state index in [1.807, 2.05) is 24.3 Å². The van der Waals surface area contributed by atoms with Crippen molar-refractivity contribution in [1.82, 2.24) is 0 Å². The molecule has 0 atom stereocenters. The van der Waals surface area contributed by atoms with Crippen LogP contribution in [0.4, 0.5) is 0 Å². The van der Waals surface area contributed by atoms with Crippen molar-refractivity contribution in [1.29, 1.82) is 0 Å². The molecule has 3 rings (SSSR count). The SMILES string of the molecule is C=CC(=O)OCCCCCOc1ccc(/C=C/C(=O)Oc2ccc(OC(=O)c3ccc(OCCCCCOC(=O)C=C)cc3)cc2C)cc1. The molecule has 0 aliphatic heterocycles. The van der Waals surface area contributed by atoms with Gasteiger partial charge in [-0.25, -0.2) is 19.2 Å². The quantitative estimate of drug-likeness (QED) is 0.0490. The molecule has 0 fully saturated rings. The standard InChI is InChI=1S/C39H42O10/c1-4-36(40)46-26-10-6-8-24-44-32-17-12-30(13-18-32)14-23-38(42)49-35-22-21-34(28-29(35)3)48-39(43)31-15-19-33(20-16-31)45-25-9-7-11-27-47-37(41)5-2/h4-5,12-23,28H,1-2,6-11,24-27H2,3H3/b23-14+. The number of unbranched alkanes of at least 4 members (excludes halogenated alkanes) is 4. The minimum atomic E-state index is -0.553. The highest BCUT2D eigenvalue weighted by Gasteiger charge is 2.12. The number of hydrogen-bond donors (Lipinski definition) is 0. The number of benzene rings is 3. The molecule has 10 nitrogen and oxygen atoms in total. The van der Waals surface area contributed by atoms with Gasteiger partial charge < -0.3 is 28.4 Å². The molecule has 0 unspecified atom stereocenters. The number of aryl methyl sites for hydroxylation is 1. The van der Waals surface area contributed by atoms with Crippen LogP contribution in [-0.2, 0) is 23.9 Å². The highest BCUT2D eigenvalue weighted by molar-refractivity contribution is 5.91. The number of hydrogen-bond acceptors (Lipinski definition) is 10. The van der Waals surface area contributed by atoms with Crippen LogP contribution in [0.3, 0.4) is 0 Å². The smallest absolute Gasteiger partial charge is 0.343 e. The summed E-state index contributed by atoms with van der Waals surface area (Å²) in [6, 6.07) is 18.7. The van der Waals surface area contributed by atoms with Gasteiger partial charge in [0.05, 0.1) is 32.0 Å².